The average molecular weight is 277 g/mol. The minimum absolute atomic E-state index is 0.00148. The first-order valence-corrected chi connectivity index (χ1v) is 5.38. The summed E-state index contributed by atoms with van der Waals surface area (Å²) in [5, 5.41) is 9.23. The first kappa shape index (κ1) is 13.7. The van der Waals surface area contributed by atoms with E-state index in [2.05, 4.69) is 0 Å². The molecule has 0 aliphatic heterocycles. The molecule has 0 fully saturated rings. The molecule has 0 aliphatic rings. The van der Waals surface area contributed by atoms with Crippen LogP contribution >= 0.6 is 23.2 Å². The summed E-state index contributed by atoms with van der Waals surface area (Å²) < 4.78 is 10.2. The van der Waals surface area contributed by atoms with Crippen molar-refractivity contribution in [3.05, 3.63) is 34.3 Å². The number of rotatable bonds is 5. The first-order valence-electron chi connectivity index (χ1n) is 4.57. The summed E-state index contributed by atoms with van der Waals surface area (Å²) in [4.78, 5) is 10.9. The standard InChI is InChI=1S/C11H10Cl2O4/c1-16-8-2-3-9(11(14)15)10(4-8)17-6-7(13)5-12/h2-5H,6H2,1H3,(H,14,15). The predicted molar refractivity (Wildman–Crippen MR) is 65.2 cm³/mol. The van der Waals surface area contributed by atoms with Crippen LogP contribution in [0.25, 0.3) is 0 Å². The first-order chi connectivity index (χ1) is 8.08. The molecule has 92 valence electrons. The number of aromatic carboxylic acids is 1. The highest BCUT2D eigenvalue weighted by molar-refractivity contribution is 6.36. The van der Waals surface area contributed by atoms with E-state index < -0.39 is 5.97 Å². The van der Waals surface area contributed by atoms with Crippen LogP contribution in [-0.2, 0) is 0 Å². The van der Waals surface area contributed by atoms with Crippen molar-refractivity contribution < 1.29 is 19.4 Å². The number of hydrogen-bond acceptors (Lipinski definition) is 3. The van der Waals surface area contributed by atoms with Gasteiger partial charge in [-0.25, -0.2) is 4.79 Å². The summed E-state index contributed by atoms with van der Waals surface area (Å²) >= 11 is 11.0. The number of carboxylic acid groups (broad SMARTS) is 1. The van der Waals surface area contributed by atoms with E-state index in [-0.39, 0.29) is 23.0 Å². The van der Waals surface area contributed by atoms with Crippen molar-refractivity contribution >= 4 is 29.2 Å². The molecule has 1 aromatic carbocycles. The van der Waals surface area contributed by atoms with Crippen LogP contribution in [0, 0.1) is 0 Å². The number of methoxy groups -OCH3 is 1. The third-order valence-corrected chi connectivity index (χ3v) is 2.50. The topological polar surface area (TPSA) is 55.8 Å². The van der Waals surface area contributed by atoms with Crippen LogP contribution in [0.5, 0.6) is 11.5 Å². The zero-order chi connectivity index (χ0) is 12.8. The molecule has 0 saturated carbocycles. The lowest BCUT2D eigenvalue weighted by atomic mass is 10.2. The van der Waals surface area contributed by atoms with Gasteiger partial charge in [0.25, 0.3) is 0 Å². The lowest BCUT2D eigenvalue weighted by molar-refractivity contribution is 0.0692. The second-order valence-corrected chi connectivity index (χ2v) is 3.72. The molecule has 0 spiro atoms. The molecule has 0 aromatic heterocycles. The molecule has 0 unspecified atom stereocenters. The molecular weight excluding hydrogens is 267 g/mol. The van der Waals surface area contributed by atoms with E-state index in [1.54, 1.807) is 0 Å². The molecule has 0 heterocycles. The van der Waals surface area contributed by atoms with E-state index in [0.29, 0.717) is 5.75 Å². The quantitative estimate of drug-likeness (QED) is 0.898. The van der Waals surface area contributed by atoms with E-state index in [4.69, 9.17) is 37.8 Å². The van der Waals surface area contributed by atoms with Gasteiger partial charge in [-0.15, -0.1) is 0 Å². The van der Waals surface area contributed by atoms with Gasteiger partial charge in [0, 0.05) is 11.6 Å². The van der Waals surface area contributed by atoms with Crippen molar-refractivity contribution in [3.8, 4) is 11.5 Å². The molecule has 0 saturated heterocycles. The highest BCUT2D eigenvalue weighted by atomic mass is 35.5. The molecule has 17 heavy (non-hydrogen) atoms. The van der Waals surface area contributed by atoms with Gasteiger partial charge in [-0.3, -0.25) is 0 Å². The summed E-state index contributed by atoms with van der Waals surface area (Å²) in [6.45, 7) is -0.00148. The molecule has 1 aromatic rings. The summed E-state index contributed by atoms with van der Waals surface area (Å²) in [6, 6.07) is 4.41. The summed E-state index contributed by atoms with van der Waals surface area (Å²) in [5.74, 6) is -0.418. The predicted octanol–water partition coefficient (Wildman–Crippen LogP) is 3.09. The van der Waals surface area contributed by atoms with E-state index in [1.807, 2.05) is 0 Å². The van der Waals surface area contributed by atoms with E-state index in [0.717, 1.165) is 5.54 Å². The highest BCUT2D eigenvalue weighted by Crippen LogP contribution is 2.25. The average Bonchev–Trinajstić information content (AvgIpc) is 2.35. The van der Waals surface area contributed by atoms with Gasteiger partial charge in [-0.2, -0.15) is 0 Å². The van der Waals surface area contributed by atoms with Gasteiger partial charge in [-0.05, 0) is 12.1 Å². The minimum Gasteiger partial charge on any atom is -0.497 e. The maximum atomic E-state index is 10.9. The fraction of sp³-hybridized carbons (Fsp3) is 0.182. The zero-order valence-corrected chi connectivity index (χ0v) is 10.5. The minimum atomic E-state index is -1.09. The van der Waals surface area contributed by atoms with Crippen LogP contribution in [-0.4, -0.2) is 24.8 Å². The molecule has 6 heteroatoms. The van der Waals surface area contributed by atoms with Crippen LogP contribution in [0.4, 0.5) is 0 Å². The molecule has 0 radical (unpaired) electrons. The molecule has 1 rings (SSSR count). The van der Waals surface area contributed by atoms with E-state index >= 15 is 0 Å². The maximum absolute atomic E-state index is 10.9. The monoisotopic (exact) mass is 276 g/mol. The Kier molecular flexibility index (Phi) is 5.12. The van der Waals surface area contributed by atoms with Gasteiger partial charge in [0.15, 0.2) is 0 Å². The third-order valence-electron chi connectivity index (χ3n) is 1.90. The van der Waals surface area contributed by atoms with Crippen molar-refractivity contribution in [2.45, 2.75) is 0 Å². The maximum Gasteiger partial charge on any atom is 0.339 e. The largest absolute Gasteiger partial charge is 0.497 e. The molecule has 1 N–H and O–H groups in total. The van der Waals surface area contributed by atoms with Crippen LogP contribution < -0.4 is 9.47 Å². The second-order valence-electron chi connectivity index (χ2n) is 3.01. The molecule has 4 nitrogen and oxygen atoms in total. The zero-order valence-electron chi connectivity index (χ0n) is 8.94. The van der Waals surface area contributed by atoms with Crippen molar-refractivity contribution in [1.82, 2.24) is 0 Å². The van der Waals surface area contributed by atoms with Crippen molar-refractivity contribution in [1.29, 1.82) is 0 Å². The van der Waals surface area contributed by atoms with Gasteiger partial charge in [0.1, 0.15) is 23.7 Å². The molecule has 0 amide bonds. The summed E-state index contributed by atoms with van der Waals surface area (Å²) in [5.41, 5.74) is 1.19. The van der Waals surface area contributed by atoms with Crippen LogP contribution in [0.1, 0.15) is 10.4 Å². The Hall–Kier alpha value is -1.39. The fourth-order valence-corrected chi connectivity index (χ4v) is 1.22. The number of ether oxygens (including phenoxy) is 2. The number of benzene rings is 1. The van der Waals surface area contributed by atoms with Crippen molar-refractivity contribution in [2.24, 2.45) is 0 Å². The number of hydrogen-bond donors (Lipinski definition) is 1. The highest BCUT2D eigenvalue weighted by Gasteiger charge is 2.12. The van der Waals surface area contributed by atoms with Crippen molar-refractivity contribution in [3.63, 3.8) is 0 Å². The molecule has 0 bridgehead atoms. The van der Waals surface area contributed by atoms with Gasteiger partial charge < -0.3 is 14.6 Å². The van der Waals surface area contributed by atoms with Crippen molar-refractivity contribution in [2.75, 3.05) is 13.7 Å². The molecule has 0 atom stereocenters. The SMILES string of the molecule is COc1ccc(C(=O)O)c(OCC(Cl)=CCl)c1. The van der Waals surface area contributed by atoms with Gasteiger partial charge >= 0.3 is 5.97 Å². The Morgan fingerprint density at radius 1 is 1.53 bits per heavy atom. The van der Waals surface area contributed by atoms with E-state index in [1.165, 1.54) is 25.3 Å². The Morgan fingerprint density at radius 2 is 2.24 bits per heavy atom. The van der Waals surface area contributed by atoms with Crippen LogP contribution in [0.3, 0.4) is 0 Å². The smallest absolute Gasteiger partial charge is 0.339 e. The molecular formula is C11H10Cl2O4. The third kappa shape index (κ3) is 3.84. The fourth-order valence-electron chi connectivity index (χ4n) is 1.10. The summed E-state index contributed by atoms with van der Waals surface area (Å²) in [6.07, 6.45) is 0. The van der Waals surface area contributed by atoms with Crippen LogP contribution in [0.2, 0.25) is 0 Å². The Bertz CT molecular complexity index is 443. The number of carbonyl (C=O) groups is 1. The number of carboxylic acids is 1. The summed E-state index contributed by atoms with van der Waals surface area (Å²) in [7, 11) is 1.48. The lowest BCUT2D eigenvalue weighted by Gasteiger charge is -2.10. The van der Waals surface area contributed by atoms with E-state index in [9.17, 15) is 4.79 Å². The molecule has 0 aliphatic carbocycles. The number of halogens is 2. The Labute approximate surface area is 108 Å². The lowest BCUT2D eigenvalue weighted by Crippen LogP contribution is -2.04. The van der Waals surface area contributed by atoms with Crippen LogP contribution in [0.15, 0.2) is 28.8 Å². The van der Waals surface area contributed by atoms with Gasteiger partial charge in [-0.1, -0.05) is 23.2 Å². The van der Waals surface area contributed by atoms with Gasteiger partial charge in [0.2, 0.25) is 0 Å². The Balaban J connectivity index is 2.97. The second kappa shape index (κ2) is 6.37. The van der Waals surface area contributed by atoms with Gasteiger partial charge in [0.05, 0.1) is 12.1 Å². The Morgan fingerprint density at radius 3 is 2.76 bits per heavy atom. The normalized spacial score (nSPS) is 11.1.